The molecule has 1 heterocycles. The fourth-order valence-corrected chi connectivity index (χ4v) is 2.01. The molecule has 0 fully saturated rings. The van der Waals surface area contributed by atoms with Crippen LogP contribution in [0.3, 0.4) is 0 Å². The number of hydrogen-bond donors (Lipinski definition) is 2. The number of amides is 1. The Morgan fingerprint density at radius 3 is 2.74 bits per heavy atom. The molecule has 1 unspecified atom stereocenters. The molecule has 1 aromatic rings. The van der Waals surface area contributed by atoms with Crippen molar-refractivity contribution in [3.63, 3.8) is 0 Å². The maximum Gasteiger partial charge on any atom is 0.224 e. The van der Waals surface area contributed by atoms with Gasteiger partial charge in [-0.1, -0.05) is 19.1 Å². The van der Waals surface area contributed by atoms with Gasteiger partial charge in [-0.25, -0.2) is 4.98 Å². The zero-order chi connectivity index (χ0) is 14.6. The molecule has 5 nitrogen and oxygen atoms in total. The third-order valence-corrected chi connectivity index (χ3v) is 3.10. The highest BCUT2D eigenvalue weighted by atomic mass is 32.1. The number of nitrogens with one attached hydrogen (secondary N) is 1. The minimum atomic E-state index is -0.142. The van der Waals surface area contributed by atoms with E-state index in [9.17, 15) is 4.79 Å². The first-order valence-electron chi connectivity index (χ1n) is 6.07. The van der Waals surface area contributed by atoms with E-state index in [1.807, 2.05) is 37.9 Å². The molecule has 0 spiro atoms. The zero-order valence-electron chi connectivity index (χ0n) is 11.7. The second-order valence-electron chi connectivity index (χ2n) is 4.58. The van der Waals surface area contributed by atoms with E-state index >= 15 is 0 Å². The first kappa shape index (κ1) is 15.4. The maximum atomic E-state index is 11.6. The van der Waals surface area contributed by atoms with E-state index in [1.54, 1.807) is 7.05 Å². The summed E-state index contributed by atoms with van der Waals surface area (Å²) >= 11 is 5.03. The number of nitrogens with zero attached hydrogens (tertiary/aromatic N) is 2. The summed E-state index contributed by atoms with van der Waals surface area (Å²) < 4.78 is 0. The normalized spacial score (nSPS) is 11.8. The van der Waals surface area contributed by atoms with Crippen LogP contribution >= 0.6 is 12.2 Å². The van der Waals surface area contributed by atoms with Crippen LogP contribution in [0.25, 0.3) is 0 Å². The van der Waals surface area contributed by atoms with Crippen LogP contribution in [0.5, 0.6) is 0 Å². The molecule has 3 N–H and O–H groups in total. The van der Waals surface area contributed by atoms with Crippen molar-refractivity contribution in [1.82, 2.24) is 10.3 Å². The van der Waals surface area contributed by atoms with Gasteiger partial charge in [-0.2, -0.15) is 0 Å². The summed E-state index contributed by atoms with van der Waals surface area (Å²) in [6.45, 7) is 4.32. The molecule has 1 atom stereocenters. The van der Waals surface area contributed by atoms with Crippen LogP contribution in [0.15, 0.2) is 12.1 Å². The van der Waals surface area contributed by atoms with Crippen molar-refractivity contribution in [1.29, 1.82) is 0 Å². The quantitative estimate of drug-likeness (QED) is 0.782. The van der Waals surface area contributed by atoms with Crippen molar-refractivity contribution in [3.8, 4) is 0 Å². The molecular formula is C13H20N4OS. The molecule has 104 valence electrons. The molecule has 1 amide bonds. The van der Waals surface area contributed by atoms with Crippen LogP contribution in [0, 0.1) is 12.8 Å². The lowest BCUT2D eigenvalue weighted by Crippen LogP contribution is -2.35. The first-order chi connectivity index (χ1) is 8.86. The van der Waals surface area contributed by atoms with Gasteiger partial charge in [-0.15, -0.1) is 0 Å². The van der Waals surface area contributed by atoms with Crippen molar-refractivity contribution in [2.45, 2.75) is 13.8 Å². The molecule has 0 radical (unpaired) electrons. The minimum absolute atomic E-state index is 0.00335. The van der Waals surface area contributed by atoms with E-state index in [-0.39, 0.29) is 11.8 Å². The molecule has 0 saturated carbocycles. The molecule has 1 rings (SSSR count). The van der Waals surface area contributed by atoms with Crippen LogP contribution in [0.2, 0.25) is 0 Å². The van der Waals surface area contributed by atoms with E-state index in [2.05, 4.69) is 10.3 Å². The van der Waals surface area contributed by atoms with Crippen LogP contribution in [-0.4, -0.2) is 36.5 Å². The van der Waals surface area contributed by atoms with E-state index in [4.69, 9.17) is 18.0 Å². The lowest BCUT2D eigenvalue weighted by atomic mass is 10.1. The van der Waals surface area contributed by atoms with Gasteiger partial charge in [0.15, 0.2) is 0 Å². The average Bonchev–Trinajstić information content (AvgIpc) is 2.36. The summed E-state index contributed by atoms with van der Waals surface area (Å²) in [6.07, 6.45) is 0. The summed E-state index contributed by atoms with van der Waals surface area (Å²) in [5.74, 6) is 0.566. The van der Waals surface area contributed by atoms with Gasteiger partial charge < -0.3 is 16.0 Å². The maximum absolute atomic E-state index is 11.6. The van der Waals surface area contributed by atoms with Gasteiger partial charge in [-0.3, -0.25) is 4.79 Å². The van der Waals surface area contributed by atoms with Gasteiger partial charge in [0, 0.05) is 26.3 Å². The van der Waals surface area contributed by atoms with Gasteiger partial charge in [0.1, 0.15) is 10.8 Å². The Balaban J connectivity index is 2.98. The average molecular weight is 280 g/mol. The highest BCUT2D eigenvalue weighted by molar-refractivity contribution is 7.80. The molecule has 19 heavy (non-hydrogen) atoms. The Morgan fingerprint density at radius 2 is 2.21 bits per heavy atom. The van der Waals surface area contributed by atoms with Crippen molar-refractivity contribution in [3.05, 3.63) is 23.4 Å². The number of aryl methyl sites for hydroxylation is 1. The summed E-state index contributed by atoms with van der Waals surface area (Å²) in [7, 11) is 3.51. The van der Waals surface area contributed by atoms with Gasteiger partial charge in [0.05, 0.1) is 11.5 Å². The summed E-state index contributed by atoms with van der Waals surface area (Å²) in [6, 6.07) is 3.73. The Morgan fingerprint density at radius 1 is 1.58 bits per heavy atom. The van der Waals surface area contributed by atoms with Gasteiger partial charge in [0.2, 0.25) is 5.91 Å². The molecule has 0 aliphatic rings. The number of rotatable bonds is 5. The van der Waals surface area contributed by atoms with Gasteiger partial charge in [-0.05, 0) is 19.1 Å². The first-order valence-corrected chi connectivity index (χ1v) is 6.47. The standard InChI is InChI=1S/C13H20N4OS/c1-8(13(18)15-3)7-17(4)12-10(11(14)19)6-5-9(2)16-12/h5-6,8H,7H2,1-4H3,(H2,14,19)(H,15,18). The smallest absolute Gasteiger partial charge is 0.224 e. The number of aromatic nitrogens is 1. The van der Waals surface area contributed by atoms with Crippen LogP contribution < -0.4 is 16.0 Å². The fraction of sp³-hybridized carbons (Fsp3) is 0.462. The van der Waals surface area contributed by atoms with Gasteiger partial charge >= 0.3 is 0 Å². The second kappa shape index (κ2) is 6.47. The molecule has 0 aliphatic carbocycles. The van der Waals surface area contributed by atoms with Crippen molar-refractivity contribution < 1.29 is 4.79 Å². The molecule has 0 aromatic carbocycles. The van der Waals surface area contributed by atoms with Crippen LogP contribution in [0.4, 0.5) is 5.82 Å². The third kappa shape index (κ3) is 3.89. The predicted molar refractivity (Wildman–Crippen MR) is 81.4 cm³/mol. The molecule has 1 aromatic heterocycles. The largest absolute Gasteiger partial charge is 0.389 e. The van der Waals surface area contributed by atoms with Crippen molar-refractivity contribution >= 4 is 28.9 Å². The number of pyridine rings is 1. The van der Waals surface area contributed by atoms with Gasteiger partial charge in [0.25, 0.3) is 0 Å². The highest BCUT2D eigenvalue weighted by Crippen LogP contribution is 2.18. The van der Waals surface area contributed by atoms with Crippen LogP contribution in [0.1, 0.15) is 18.2 Å². The molecule has 0 aliphatic heterocycles. The summed E-state index contributed by atoms with van der Waals surface area (Å²) in [5, 5.41) is 2.63. The summed E-state index contributed by atoms with van der Waals surface area (Å²) in [4.78, 5) is 18.2. The fourth-order valence-electron chi connectivity index (χ4n) is 1.85. The molecule has 0 saturated heterocycles. The van der Waals surface area contributed by atoms with Crippen LogP contribution in [-0.2, 0) is 4.79 Å². The Labute approximate surface area is 119 Å². The number of carbonyl (C=O) groups is 1. The summed E-state index contributed by atoms with van der Waals surface area (Å²) in [5.41, 5.74) is 7.32. The Hall–Kier alpha value is -1.69. The Kier molecular flexibility index (Phi) is 5.23. The van der Waals surface area contributed by atoms with Crippen molar-refractivity contribution in [2.24, 2.45) is 11.7 Å². The van der Waals surface area contributed by atoms with Crippen molar-refractivity contribution in [2.75, 3.05) is 25.5 Å². The number of anilines is 1. The minimum Gasteiger partial charge on any atom is -0.389 e. The number of carbonyl (C=O) groups excluding carboxylic acids is 1. The Bertz CT molecular complexity index is 490. The zero-order valence-corrected chi connectivity index (χ0v) is 12.5. The number of hydrogen-bond acceptors (Lipinski definition) is 4. The van der Waals surface area contributed by atoms with E-state index < -0.39 is 0 Å². The lowest BCUT2D eigenvalue weighted by molar-refractivity contribution is -0.123. The van der Waals surface area contributed by atoms with E-state index in [1.165, 1.54) is 0 Å². The lowest BCUT2D eigenvalue weighted by Gasteiger charge is -2.24. The molecule has 0 bridgehead atoms. The number of nitrogens with two attached hydrogens (primary N) is 1. The topological polar surface area (TPSA) is 71.2 Å². The SMILES string of the molecule is CNC(=O)C(C)CN(C)c1nc(C)ccc1C(N)=S. The third-order valence-electron chi connectivity index (χ3n) is 2.88. The number of thiocarbonyl (C=S) groups is 1. The van der Waals surface area contributed by atoms with E-state index in [0.717, 1.165) is 11.3 Å². The molecular weight excluding hydrogens is 260 g/mol. The highest BCUT2D eigenvalue weighted by Gasteiger charge is 2.17. The second-order valence-corrected chi connectivity index (χ2v) is 5.02. The molecule has 6 heteroatoms. The monoisotopic (exact) mass is 280 g/mol. The predicted octanol–water partition coefficient (Wildman–Crippen LogP) is 0.843. The van der Waals surface area contributed by atoms with E-state index in [0.29, 0.717) is 17.4 Å².